The summed E-state index contributed by atoms with van der Waals surface area (Å²) in [5, 5.41) is 25.4. The van der Waals surface area contributed by atoms with Crippen LogP contribution in [0.3, 0.4) is 0 Å². The molecular weight excluding hydrogens is 412 g/mol. The average Bonchev–Trinajstić information content (AvgIpc) is 3.16. The number of nitrogens with one attached hydrogen (secondary N) is 4. The van der Waals surface area contributed by atoms with Gasteiger partial charge in [0.1, 0.15) is 18.1 Å². The third kappa shape index (κ3) is 8.42. The molecule has 0 spiro atoms. The van der Waals surface area contributed by atoms with E-state index in [4.69, 9.17) is 10.8 Å². The van der Waals surface area contributed by atoms with Crippen molar-refractivity contribution in [1.29, 1.82) is 0 Å². The predicted octanol–water partition coefficient (Wildman–Crippen LogP) is -2.03. The summed E-state index contributed by atoms with van der Waals surface area (Å²) in [6.07, 6.45) is 1.80. The molecule has 1 rings (SSSR count). The van der Waals surface area contributed by atoms with Gasteiger partial charge in [-0.05, 0) is 12.8 Å². The van der Waals surface area contributed by atoms with E-state index in [2.05, 4.69) is 25.9 Å². The van der Waals surface area contributed by atoms with E-state index in [0.29, 0.717) is 5.69 Å². The predicted molar refractivity (Wildman–Crippen MR) is 106 cm³/mol. The molecule has 3 amide bonds. The zero-order valence-corrected chi connectivity index (χ0v) is 17.4. The van der Waals surface area contributed by atoms with Crippen LogP contribution >= 0.6 is 0 Å². The van der Waals surface area contributed by atoms with Crippen molar-refractivity contribution >= 4 is 29.7 Å². The Morgan fingerprint density at radius 3 is 2.06 bits per heavy atom. The van der Waals surface area contributed by atoms with Gasteiger partial charge in [0.2, 0.25) is 17.7 Å². The summed E-state index contributed by atoms with van der Waals surface area (Å²) in [7, 11) is 0. The van der Waals surface area contributed by atoms with Crippen LogP contribution < -0.4 is 21.7 Å². The van der Waals surface area contributed by atoms with E-state index in [1.54, 1.807) is 13.8 Å². The Balaban J connectivity index is 2.95. The number of carboxylic acids is 2. The van der Waals surface area contributed by atoms with Gasteiger partial charge in [0.05, 0.1) is 18.8 Å². The summed E-state index contributed by atoms with van der Waals surface area (Å²) >= 11 is 0. The molecule has 0 fully saturated rings. The molecule has 13 nitrogen and oxygen atoms in total. The SMILES string of the molecule is CC(N)C(=O)NC(C(=O)NC(CC(=O)O)C(=O)NC(Cc1cnc[nH]1)C(=O)O)C(C)C. The first-order chi connectivity index (χ1) is 14.4. The van der Waals surface area contributed by atoms with E-state index < -0.39 is 66.2 Å². The van der Waals surface area contributed by atoms with E-state index in [-0.39, 0.29) is 6.42 Å². The first-order valence-electron chi connectivity index (χ1n) is 9.50. The Kier molecular flexibility index (Phi) is 9.60. The molecule has 0 saturated heterocycles. The van der Waals surface area contributed by atoms with Gasteiger partial charge < -0.3 is 36.9 Å². The molecule has 0 aliphatic heterocycles. The van der Waals surface area contributed by atoms with E-state index in [9.17, 15) is 29.1 Å². The van der Waals surface area contributed by atoms with Crippen molar-refractivity contribution in [2.75, 3.05) is 0 Å². The second-order valence-corrected chi connectivity index (χ2v) is 7.36. The van der Waals surface area contributed by atoms with Crippen molar-refractivity contribution < 1.29 is 34.2 Å². The fraction of sp³-hybridized carbons (Fsp3) is 0.556. The van der Waals surface area contributed by atoms with Crippen LogP contribution in [-0.2, 0) is 30.4 Å². The fourth-order valence-corrected chi connectivity index (χ4v) is 2.55. The zero-order valence-electron chi connectivity index (χ0n) is 17.4. The van der Waals surface area contributed by atoms with Crippen molar-refractivity contribution in [3.63, 3.8) is 0 Å². The lowest BCUT2D eigenvalue weighted by molar-refractivity contribution is -0.143. The molecule has 0 bridgehead atoms. The zero-order chi connectivity index (χ0) is 23.7. The molecule has 0 saturated carbocycles. The minimum atomic E-state index is -1.57. The molecule has 4 unspecified atom stereocenters. The van der Waals surface area contributed by atoms with Gasteiger partial charge in [0, 0.05) is 18.3 Å². The first-order valence-corrected chi connectivity index (χ1v) is 9.50. The van der Waals surface area contributed by atoms with Crippen LogP contribution in [0.1, 0.15) is 32.9 Å². The maximum atomic E-state index is 12.6. The Labute approximate surface area is 178 Å². The van der Waals surface area contributed by atoms with Gasteiger partial charge in [0.15, 0.2) is 0 Å². The highest BCUT2D eigenvalue weighted by atomic mass is 16.4. The minimum absolute atomic E-state index is 0.131. The number of carbonyl (C=O) groups excluding carboxylic acids is 3. The number of nitrogens with two attached hydrogens (primary N) is 1. The Morgan fingerprint density at radius 2 is 1.61 bits per heavy atom. The molecule has 4 atom stereocenters. The molecule has 1 heterocycles. The van der Waals surface area contributed by atoms with E-state index >= 15 is 0 Å². The van der Waals surface area contributed by atoms with Crippen LogP contribution in [0, 0.1) is 5.92 Å². The second-order valence-electron chi connectivity index (χ2n) is 7.36. The molecule has 1 aromatic heterocycles. The monoisotopic (exact) mass is 440 g/mol. The summed E-state index contributed by atoms with van der Waals surface area (Å²) in [6.45, 7) is 4.71. The van der Waals surface area contributed by atoms with E-state index in [1.807, 2.05) is 0 Å². The number of carbonyl (C=O) groups is 5. The average molecular weight is 440 g/mol. The van der Waals surface area contributed by atoms with Gasteiger partial charge in [-0.1, -0.05) is 13.8 Å². The molecule has 172 valence electrons. The third-order valence-electron chi connectivity index (χ3n) is 4.27. The van der Waals surface area contributed by atoms with Gasteiger partial charge in [0.25, 0.3) is 0 Å². The summed E-state index contributed by atoms with van der Waals surface area (Å²) in [5.41, 5.74) is 5.93. The van der Waals surface area contributed by atoms with Crippen LogP contribution in [0.2, 0.25) is 0 Å². The van der Waals surface area contributed by atoms with Gasteiger partial charge in [-0.25, -0.2) is 9.78 Å². The number of H-pyrrole nitrogens is 1. The van der Waals surface area contributed by atoms with Crippen LogP contribution in [0.15, 0.2) is 12.5 Å². The van der Waals surface area contributed by atoms with Crippen molar-refractivity contribution in [2.24, 2.45) is 11.7 Å². The lowest BCUT2D eigenvalue weighted by Gasteiger charge is -2.26. The fourth-order valence-electron chi connectivity index (χ4n) is 2.55. The van der Waals surface area contributed by atoms with Crippen molar-refractivity contribution in [3.05, 3.63) is 18.2 Å². The van der Waals surface area contributed by atoms with Crippen molar-refractivity contribution in [3.8, 4) is 0 Å². The number of aromatic nitrogens is 2. The molecule has 1 aromatic rings. The highest BCUT2D eigenvalue weighted by molar-refractivity contribution is 5.95. The number of imidazole rings is 1. The van der Waals surface area contributed by atoms with Gasteiger partial charge >= 0.3 is 11.9 Å². The molecule has 0 aliphatic carbocycles. The summed E-state index contributed by atoms with van der Waals surface area (Å²) in [4.78, 5) is 66.3. The summed E-state index contributed by atoms with van der Waals surface area (Å²) in [6, 6.07) is -4.92. The minimum Gasteiger partial charge on any atom is -0.481 e. The topological polar surface area (TPSA) is 217 Å². The molecule has 0 aromatic carbocycles. The van der Waals surface area contributed by atoms with Gasteiger partial charge in [-0.2, -0.15) is 0 Å². The molecule has 0 radical (unpaired) electrons. The maximum Gasteiger partial charge on any atom is 0.326 e. The number of aliphatic carboxylic acids is 2. The van der Waals surface area contributed by atoms with Crippen molar-refractivity contribution in [2.45, 2.75) is 57.8 Å². The smallest absolute Gasteiger partial charge is 0.326 e. The molecule has 8 N–H and O–H groups in total. The highest BCUT2D eigenvalue weighted by Gasteiger charge is 2.32. The van der Waals surface area contributed by atoms with E-state index in [1.165, 1.54) is 19.4 Å². The van der Waals surface area contributed by atoms with E-state index in [0.717, 1.165) is 0 Å². The Bertz CT molecular complexity index is 793. The third-order valence-corrected chi connectivity index (χ3v) is 4.27. The molecule has 31 heavy (non-hydrogen) atoms. The largest absolute Gasteiger partial charge is 0.481 e. The normalized spacial score (nSPS) is 14.7. The number of nitrogens with zero attached hydrogens (tertiary/aromatic N) is 1. The first kappa shape index (κ1) is 25.6. The number of hydrogen-bond donors (Lipinski definition) is 7. The quantitative estimate of drug-likeness (QED) is 0.190. The van der Waals surface area contributed by atoms with Crippen LogP contribution in [0.25, 0.3) is 0 Å². The number of rotatable bonds is 12. The molecule has 0 aliphatic rings. The number of aromatic amines is 1. The lowest BCUT2D eigenvalue weighted by atomic mass is 10.0. The summed E-state index contributed by atoms with van der Waals surface area (Å²) in [5.74, 6) is -5.54. The number of carboxylic acid groups (broad SMARTS) is 2. The number of hydrogen-bond acceptors (Lipinski definition) is 7. The van der Waals surface area contributed by atoms with Crippen LogP contribution in [-0.4, -0.2) is 74.0 Å². The maximum absolute atomic E-state index is 12.6. The second kappa shape index (κ2) is 11.6. The molecule has 13 heteroatoms. The highest BCUT2D eigenvalue weighted by Crippen LogP contribution is 2.06. The summed E-state index contributed by atoms with van der Waals surface area (Å²) < 4.78 is 0. The Hall–Kier alpha value is -3.48. The van der Waals surface area contributed by atoms with Crippen LogP contribution in [0.5, 0.6) is 0 Å². The molecular formula is C18H28N6O7. The number of amides is 3. The van der Waals surface area contributed by atoms with Crippen LogP contribution in [0.4, 0.5) is 0 Å². The van der Waals surface area contributed by atoms with Gasteiger partial charge in [-0.3, -0.25) is 19.2 Å². The van der Waals surface area contributed by atoms with Crippen molar-refractivity contribution in [1.82, 2.24) is 25.9 Å². The standard InChI is InChI=1S/C18H28N6O7/c1-8(2)14(24-15(27)9(3)19)17(29)22-11(5-13(25)26)16(28)23-12(18(30)31)4-10-6-20-7-21-10/h6-9,11-12,14H,4-5,19H2,1-3H3,(H,20,21)(H,22,29)(H,23,28)(H,24,27)(H,25,26)(H,30,31). The Morgan fingerprint density at radius 1 is 1.00 bits per heavy atom. The van der Waals surface area contributed by atoms with Gasteiger partial charge in [-0.15, -0.1) is 0 Å². The lowest BCUT2D eigenvalue weighted by Crippen LogP contribution is -2.58.